The number of rotatable bonds is 16. The van der Waals surface area contributed by atoms with Crippen molar-refractivity contribution in [1.82, 2.24) is 0 Å². The van der Waals surface area contributed by atoms with E-state index in [1.54, 1.807) is 20.8 Å². The summed E-state index contributed by atoms with van der Waals surface area (Å²) in [6.07, 6.45) is 2.01. The van der Waals surface area contributed by atoms with Gasteiger partial charge in [-0.05, 0) is 40.0 Å². The topological polar surface area (TPSA) is 88.1 Å². The van der Waals surface area contributed by atoms with Crippen LogP contribution in [0.5, 0.6) is 0 Å². The normalized spacial score (nSPS) is 11.4. The van der Waals surface area contributed by atoms with E-state index in [1.165, 1.54) is 0 Å². The maximum atomic E-state index is 11.9. The van der Waals surface area contributed by atoms with Gasteiger partial charge in [-0.25, -0.2) is 14.4 Å². The van der Waals surface area contributed by atoms with Crippen molar-refractivity contribution in [2.24, 2.45) is 10.8 Å². The number of hydrogen-bond acceptors (Lipinski definition) is 7. The first-order chi connectivity index (χ1) is 14.9. The molecule has 32 heavy (non-hydrogen) atoms. The molecule has 0 aliphatic carbocycles. The van der Waals surface area contributed by atoms with Crippen LogP contribution in [0.25, 0.3) is 0 Å². The molecule has 0 aliphatic rings. The van der Waals surface area contributed by atoms with E-state index in [9.17, 15) is 14.4 Å². The second-order valence-electron chi connectivity index (χ2n) is 8.62. The molecule has 7 nitrogen and oxygen atoms in total. The molecule has 0 N–H and O–H groups in total. The molecule has 0 unspecified atom stereocenters. The Bertz CT molecular complexity index is 671. The molecule has 0 heterocycles. The van der Waals surface area contributed by atoms with Crippen molar-refractivity contribution < 1.29 is 33.3 Å². The lowest BCUT2D eigenvalue weighted by atomic mass is 9.83. The highest BCUT2D eigenvalue weighted by Gasteiger charge is 2.35. The van der Waals surface area contributed by atoms with Crippen molar-refractivity contribution in [1.29, 1.82) is 0 Å². The van der Waals surface area contributed by atoms with Crippen molar-refractivity contribution in [3.05, 3.63) is 36.5 Å². The van der Waals surface area contributed by atoms with E-state index in [4.69, 9.17) is 18.9 Å². The van der Waals surface area contributed by atoms with Crippen molar-refractivity contribution in [2.75, 3.05) is 33.0 Å². The summed E-state index contributed by atoms with van der Waals surface area (Å²) in [4.78, 5) is 35.7. The summed E-state index contributed by atoms with van der Waals surface area (Å²) in [5.74, 6) is -1.47. The van der Waals surface area contributed by atoms with Gasteiger partial charge in [-0.15, -0.1) is 0 Å². The van der Waals surface area contributed by atoms with Gasteiger partial charge >= 0.3 is 17.9 Å². The largest absolute Gasteiger partial charge is 0.462 e. The molecule has 0 aliphatic heterocycles. The van der Waals surface area contributed by atoms with Crippen LogP contribution in [0.4, 0.5) is 0 Å². The molecule has 0 rings (SSSR count). The van der Waals surface area contributed by atoms with Gasteiger partial charge in [0.05, 0.1) is 25.2 Å². The highest BCUT2D eigenvalue weighted by atomic mass is 16.6. The van der Waals surface area contributed by atoms with Crippen LogP contribution in [-0.2, 0) is 33.3 Å². The Morgan fingerprint density at radius 1 is 0.562 bits per heavy atom. The zero-order chi connectivity index (χ0) is 24.9. The Kier molecular flexibility index (Phi) is 12.8. The third-order valence-electron chi connectivity index (χ3n) is 5.64. The predicted octanol–water partition coefficient (Wildman–Crippen LogP) is 4.56. The highest BCUT2D eigenvalue weighted by molar-refractivity contribution is 5.87. The van der Waals surface area contributed by atoms with Crippen molar-refractivity contribution in [3.63, 3.8) is 0 Å². The minimum Gasteiger partial charge on any atom is -0.462 e. The summed E-state index contributed by atoms with van der Waals surface area (Å²) in [5, 5.41) is 0. The summed E-state index contributed by atoms with van der Waals surface area (Å²) in [7, 11) is 0. The van der Waals surface area contributed by atoms with Gasteiger partial charge in [-0.1, -0.05) is 40.5 Å². The van der Waals surface area contributed by atoms with Crippen LogP contribution in [-0.4, -0.2) is 50.9 Å². The van der Waals surface area contributed by atoms with Gasteiger partial charge in [-0.3, -0.25) is 0 Å². The molecule has 182 valence electrons. The number of carbonyl (C=O) groups is 3. The molecule has 0 aromatic heterocycles. The zero-order valence-electron chi connectivity index (χ0n) is 20.6. The molecule has 0 aromatic rings. The van der Waals surface area contributed by atoms with E-state index in [1.807, 2.05) is 20.8 Å². The van der Waals surface area contributed by atoms with Crippen LogP contribution in [0.2, 0.25) is 0 Å². The number of ether oxygens (including phenoxy) is 4. The van der Waals surface area contributed by atoms with Gasteiger partial charge in [-0.2, -0.15) is 0 Å². The second-order valence-corrected chi connectivity index (χ2v) is 8.62. The van der Waals surface area contributed by atoms with Crippen LogP contribution in [0.1, 0.15) is 60.8 Å². The van der Waals surface area contributed by atoms with Gasteiger partial charge < -0.3 is 18.9 Å². The molecular formula is C25H40O7. The Labute approximate surface area is 192 Å². The molecule has 0 saturated carbocycles. The lowest BCUT2D eigenvalue weighted by molar-refractivity contribution is -0.155. The third-order valence-corrected chi connectivity index (χ3v) is 5.64. The molecular weight excluding hydrogens is 412 g/mol. The van der Waals surface area contributed by atoms with Crippen LogP contribution in [0.3, 0.4) is 0 Å². The molecule has 0 radical (unpaired) electrons. The molecule has 7 heteroatoms. The van der Waals surface area contributed by atoms with E-state index >= 15 is 0 Å². The summed E-state index contributed by atoms with van der Waals surface area (Å²) < 4.78 is 22.2. The van der Waals surface area contributed by atoms with Gasteiger partial charge in [0.1, 0.15) is 13.2 Å². The first-order valence-electron chi connectivity index (χ1n) is 10.9. The van der Waals surface area contributed by atoms with Crippen LogP contribution in [0.15, 0.2) is 36.5 Å². The summed E-state index contributed by atoms with van der Waals surface area (Å²) in [5.41, 5.74) is -0.198. The number of carbonyl (C=O) groups excluding carboxylic acids is 3. The highest BCUT2D eigenvalue weighted by Crippen LogP contribution is 2.30. The minimum absolute atomic E-state index is 0.00849. The zero-order valence-corrected chi connectivity index (χ0v) is 20.6. The molecule has 0 saturated heterocycles. The summed E-state index contributed by atoms with van der Waals surface area (Å²) in [6.45, 7) is 22.2. The second kappa shape index (κ2) is 13.9. The Balaban J connectivity index is 5.35. The SMILES string of the molecule is C=C(C)C(=O)OCC(CC)(CC)COCC(CC)(COC(=O)C(=C)C)COC(=O)C(=C)C. The van der Waals surface area contributed by atoms with Gasteiger partial charge in [0.15, 0.2) is 0 Å². The fraction of sp³-hybridized carbons (Fsp3) is 0.640. The summed E-state index contributed by atoms with van der Waals surface area (Å²) >= 11 is 0. The molecule has 0 bridgehead atoms. The molecule has 0 aromatic carbocycles. The summed E-state index contributed by atoms with van der Waals surface area (Å²) in [6, 6.07) is 0. The Morgan fingerprint density at radius 3 is 1.12 bits per heavy atom. The fourth-order valence-corrected chi connectivity index (χ4v) is 2.64. The van der Waals surface area contributed by atoms with Crippen LogP contribution >= 0.6 is 0 Å². The quantitative estimate of drug-likeness (QED) is 0.193. The Morgan fingerprint density at radius 2 is 0.844 bits per heavy atom. The lowest BCUT2D eigenvalue weighted by Crippen LogP contribution is -2.40. The maximum absolute atomic E-state index is 11.9. The van der Waals surface area contributed by atoms with E-state index in [2.05, 4.69) is 19.7 Å². The van der Waals surface area contributed by atoms with Gasteiger partial charge in [0, 0.05) is 22.1 Å². The van der Waals surface area contributed by atoms with Gasteiger partial charge in [0.25, 0.3) is 0 Å². The predicted molar refractivity (Wildman–Crippen MR) is 124 cm³/mol. The third kappa shape index (κ3) is 9.81. The Hall–Kier alpha value is -2.41. The van der Waals surface area contributed by atoms with Crippen molar-refractivity contribution in [2.45, 2.75) is 60.8 Å². The number of esters is 3. The van der Waals surface area contributed by atoms with Crippen molar-refractivity contribution in [3.8, 4) is 0 Å². The van der Waals surface area contributed by atoms with Crippen LogP contribution < -0.4 is 0 Å². The maximum Gasteiger partial charge on any atom is 0.333 e. The molecule has 0 fully saturated rings. The molecule has 0 atom stereocenters. The average molecular weight is 453 g/mol. The first kappa shape index (κ1) is 29.6. The lowest BCUT2D eigenvalue weighted by Gasteiger charge is -2.35. The molecule has 0 amide bonds. The van der Waals surface area contributed by atoms with E-state index in [0.29, 0.717) is 18.6 Å². The monoisotopic (exact) mass is 452 g/mol. The van der Waals surface area contributed by atoms with E-state index < -0.39 is 23.3 Å². The smallest absolute Gasteiger partial charge is 0.333 e. The molecule has 0 spiro atoms. The minimum atomic E-state index is -0.738. The fourth-order valence-electron chi connectivity index (χ4n) is 2.64. The van der Waals surface area contributed by atoms with Crippen LogP contribution in [0, 0.1) is 10.8 Å². The van der Waals surface area contributed by atoms with Crippen molar-refractivity contribution >= 4 is 17.9 Å². The van der Waals surface area contributed by atoms with Gasteiger partial charge in [0.2, 0.25) is 0 Å². The van der Waals surface area contributed by atoms with E-state index in [0.717, 1.165) is 12.8 Å². The average Bonchev–Trinajstić information content (AvgIpc) is 2.76. The number of hydrogen-bond donors (Lipinski definition) is 0. The van der Waals surface area contributed by atoms with E-state index in [-0.39, 0.29) is 43.0 Å². The standard InChI is InChI=1S/C25H40O7/c1-10-24(11-2,15-30-21(26)18(4)5)13-29-14-25(12-3,16-31-22(27)19(6)7)17-32-23(28)20(8)9/h4,6,8,10-17H2,1-3,5,7,9H3. The first-order valence-corrected chi connectivity index (χ1v) is 10.9.